The number of carbonyl (C=O) groups excluding carboxylic acids is 1. The number of nitrogens with two attached hydrogens (primary N) is 1. The summed E-state index contributed by atoms with van der Waals surface area (Å²) in [5.41, 5.74) is 5.88. The fourth-order valence-electron chi connectivity index (χ4n) is 2.25. The molecule has 1 aliphatic rings. The highest BCUT2D eigenvalue weighted by Crippen LogP contribution is 2.23. The molecule has 2 unspecified atom stereocenters. The highest BCUT2D eigenvalue weighted by molar-refractivity contribution is 5.79. The second kappa shape index (κ2) is 5.77. The first-order valence-electron chi connectivity index (χ1n) is 6.15. The number of nitrogens with one attached hydrogen (secondary N) is 1. The minimum Gasteiger partial charge on any atom is -0.356 e. The van der Waals surface area contributed by atoms with Crippen molar-refractivity contribution in [1.82, 2.24) is 20.3 Å². The van der Waals surface area contributed by atoms with Gasteiger partial charge in [-0.2, -0.15) is 0 Å². The van der Waals surface area contributed by atoms with Crippen molar-refractivity contribution in [2.75, 3.05) is 6.54 Å². The predicted octanol–water partition coefficient (Wildman–Crippen LogP) is -0.0882. The number of aromatic nitrogens is 3. The van der Waals surface area contributed by atoms with E-state index in [9.17, 15) is 4.79 Å². The van der Waals surface area contributed by atoms with Crippen LogP contribution < -0.4 is 11.1 Å². The Kier molecular flexibility index (Phi) is 4.08. The quantitative estimate of drug-likeness (QED) is 0.701. The second-order valence-corrected chi connectivity index (χ2v) is 4.51. The molecular formula is C11H19N5O. The Bertz CT molecular complexity index is 351. The molecule has 0 spiro atoms. The van der Waals surface area contributed by atoms with Gasteiger partial charge in [-0.1, -0.05) is 11.6 Å². The molecular weight excluding hydrogens is 218 g/mol. The Hall–Kier alpha value is -1.43. The molecule has 1 aliphatic carbocycles. The normalized spacial score (nSPS) is 23.8. The van der Waals surface area contributed by atoms with Gasteiger partial charge in [0.25, 0.3) is 0 Å². The average Bonchev–Trinajstić information content (AvgIpc) is 2.95. The van der Waals surface area contributed by atoms with Gasteiger partial charge in [0.1, 0.15) is 0 Å². The van der Waals surface area contributed by atoms with Crippen LogP contribution in [0.25, 0.3) is 0 Å². The summed E-state index contributed by atoms with van der Waals surface area (Å²) in [6, 6.07) is 0.0466. The van der Waals surface area contributed by atoms with Crippen molar-refractivity contribution in [1.29, 1.82) is 0 Å². The van der Waals surface area contributed by atoms with Crippen molar-refractivity contribution in [3.8, 4) is 0 Å². The Balaban J connectivity index is 1.63. The highest BCUT2D eigenvalue weighted by atomic mass is 16.1. The molecule has 0 saturated heterocycles. The molecule has 17 heavy (non-hydrogen) atoms. The van der Waals surface area contributed by atoms with E-state index in [2.05, 4.69) is 15.6 Å². The molecule has 1 aromatic heterocycles. The number of nitrogens with zero attached hydrogens (tertiary/aromatic N) is 3. The Morgan fingerprint density at radius 2 is 2.41 bits per heavy atom. The molecule has 1 amide bonds. The van der Waals surface area contributed by atoms with Crippen LogP contribution in [0.5, 0.6) is 0 Å². The van der Waals surface area contributed by atoms with Gasteiger partial charge in [0.15, 0.2) is 0 Å². The van der Waals surface area contributed by atoms with Gasteiger partial charge in [0, 0.05) is 25.3 Å². The summed E-state index contributed by atoms with van der Waals surface area (Å²) in [6.45, 7) is 1.44. The Morgan fingerprint density at radius 1 is 1.53 bits per heavy atom. The SMILES string of the molecule is NC1CCCC1C(=O)NCCCn1ccnn1. The summed E-state index contributed by atoms with van der Waals surface area (Å²) in [7, 11) is 0. The zero-order valence-electron chi connectivity index (χ0n) is 9.88. The van der Waals surface area contributed by atoms with Crippen molar-refractivity contribution in [3.05, 3.63) is 12.4 Å². The van der Waals surface area contributed by atoms with E-state index < -0.39 is 0 Å². The van der Waals surface area contributed by atoms with Crippen LogP contribution in [-0.2, 0) is 11.3 Å². The van der Waals surface area contributed by atoms with Crippen LogP contribution >= 0.6 is 0 Å². The molecule has 1 heterocycles. The minimum atomic E-state index is 0.0152. The first-order valence-corrected chi connectivity index (χ1v) is 6.15. The maximum atomic E-state index is 11.8. The van der Waals surface area contributed by atoms with E-state index in [0.717, 1.165) is 32.2 Å². The monoisotopic (exact) mass is 237 g/mol. The van der Waals surface area contributed by atoms with Crippen LogP contribution in [0.2, 0.25) is 0 Å². The predicted molar refractivity (Wildman–Crippen MR) is 63.0 cm³/mol. The zero-order valence-corrected chi connectivity index (χ0v) is 9.88. The van der Waals surface area contributed by atoms with Gasteiger partial charge in [-0.25, -0.2) is 0 Å². The molecule has 0 aromatic carbocycles. The van der Waals surface area contributed by atoms with E-state index in [4.69, 9.17) is 5.73 Å². The van der Waals surface area contributed by atoms with Crippen molar-refractivity contribution in [3.63, 3.8) is 0 Å². The van der Waals surface area contributed by atoms with E-state index >= 15 is 0 Å². The average molecular weight is 237 g/mol. The van der Waals surface area contributed by atoms with Crippen LogP contribution in [0.3, 0.4) is 0 Å². The molecule has 0 radical (unpaired) electrons. The van der Waals surface area contributed by atoms with E-state index in [1.807, 2.05) is 6.20 Å². The van der Waals surface area contributed by atoms with Gasteiger partial charge >= 0.3 is 0 Å². The molecule has 1 saturated carbocycles. The lowest BCUT2D eigenvalue weighted by Gasteiger charge is -2.14. The molecule has 2 rings (SSSR count). The lowest BCUT2D eigenvalue weighted by atomic mass is 10.0. The topological polar surface area (TPSA) is 85.8 Å². The van der Waals surface area contributed by atoms with E-state index in [-0.39, 0.29) is 17.9 Å². The van der Waals surface area contributed by atoms with Crippen molar-refractivity contribution >= 4 is 5.91 Å². The number of hydrogen-bond acceptors (Lipinski definition) is 4. The number of rotatable bonds is 5. The molecule has 0 bridgehead atoms. The lowest BCUT2D eigenvalue weighted by molar-refractivity contribution is -0.125. The standard InChI is InChI=1S/C11H19N5O/c12-10-4-1-3-9(10)11(17)13-5-2-7-16-8-6-14-15-16/h6,8-10H,1-5,7,12H2,(H,13,17). The van der Waals surface area contributed by atoms with Gasteiger partial charge in [0.2, 0.25) is 5.91 Å². The van der Waals surface area contributed by atoms with Gasteiger partial charge in [-0.15, -0.1) is 5.10 Å². The summed E-state index contributed by atoms with van der Waals surface area (Å²) in [6.07, 6.45) is 7.28. The van der Waals surface area contributed by atoms with Crippen molar-refractivity contribution in [2.45, 2.75) is 38.3 Å². The van der Waals surface area contributed by atoms with E-state index in [1.165, 1.54) is 0 Å². The largest absolute Gasteiger partial charge is 0.356 e. The van der Waals surface area contributed by atoms with Gasteiger partial charge in [-0.05, 0) is 19.3 Å². The van der Waals surface area contributed by atoms with E-state index in [0.29, 0.717) is 6.54 Å². The van der Waals surface area contributed by atoms with Crippen LogP contribution in [0.1, 0.15) is 25.7 Å². The third-order valence-electron chi connectivity index (χ3n) is 3.24. The summed E-state index contributed by atoms with van der Waals surface area (Å²) in [4.78, 5) is 11.8. The molecule has 1 aromatic rings. The maximum absolute atomic E-state index is 11.8. The number of amides is 1. The van der Waals surface area contributed by atoms with Gasteiger partial charge < -0.3 is 11.1 Å². The summed E-state index contributed by atoms with van der Waals surface area (Å²) >= 11 is 0. The molecule has 2 atom stereocenters. The second-order valence-electron chi connectivity index (χ2n) is 4.51. The number of hydrogen-bond donors (Lipinski definition) is 2. The molecule has 6 heteroatoms. The number of aryl methyl sites for hydroxylation is 1. The Labute approximate surface area is 101 Å². The summed E-state index contributed by atoms with van der Waals surface area (Å²) < 4.78 is 1.76. The molecule has 6 nitrogen and oxygen atoms in total. The Morgan fingerprint density at radius 3 is 3.06 bits per heavy atom. The third kappa shape index (κ3) is 3.26. The smallest absolute Gasteiger partial charge is 0.224 e. The molecule has 3 N–H and O–H groups in total. The first-order chi connectivity index (χ1) is 8.27. The minimum absolute atomic E-state index is 0.0152. The van der Waals surface area contributed by atoms with E-state index in [1.54, 1.807) is 10.9 Å². The van der Waals surface area contributed by atoms with Crippen LogP contribution in [-0.4, -0.2) is 33.5 Å². The van der Waals surface area contributed by atoms with Crippen LogP contribution in [0.4, 0.5) is 0 Å². The zero-order chi connectivity index (χ0) is 12.1. The third-order valence-corrected chi connectivity index (χ3v) is 3.24. The molecule has 1 fully saturated rings. The van der Waals surface area contributed by atoms with Crippen LogP contribution in [0.15, 0.2) is 12.4 Å². The maximum Gasteiger partial charge on any atom is 0.224 e. The van der Waals surface area contributed by atoms with Gasteiger partial charge in [-0.3, -0.25) is 9.48 Å². The van der Waals surface area contributed by atoms with Crippen molar-refractivity contribution in [2.24, 2.45) is 11.7 Å². The number of carbonyl (C=O) groups is 1. The summed E-state index contributed by atoms with van der Waals surface area (Å²) in [5.74, 6) is 0.120. The highest BCUT2D eigenvalue weighted by Gasteiger charge is 2.29. The fourth-order valence-corrected chi connectivity index (χ4v) is 2.25. The van der Waals surface area contributed by atoms with Gasteiger partial charge in [0.05, 0.1) is 12.1 Å². The molecule has 0 aliphatic heterocycles. The fraction of sp³-hybridized carbons (Fsp3) is 0.727. The first kappa shape index (κ1) is 12.0. The van der Waals surface area contributed by atoms with Crippen molar-refractivity contribution < 1.29 is 4.79 Å². The van der Waals surface area contributed by atoms with Crippen LogP contribution in [0, 0.1) is 5.92 Å². The summed E-state index contributed by atoms with van der Waals surface area (Å²) in [5, 5.41) is 10.5. The molecule has 94 valence electrons. The lowest BCUT2D eigenvalue weighted by Crippen LogP contribution is -2.39.